The smallest absolute Gasteiger partial charge is 0.136 e. The topological polar surface area (TPSA) is 23.8 Å². The summed E-state index contributed by atoms with van der Waals surface area (Å²) in [6.07, 6.45) is 0. The van der Waals surface area contributed by atoms with Crippen LogP contribution in [-0.4, -0.2) is 0 Å². The van der Waals surface area contributed by atoms with E-state index in [2.05, 4.69) is 22.0 Å². The fraction of sp³-hybridized carbons (Fsp3) is 0.100. The van der Waals surface area contributed by atoms with Crippen LogP contribution in [0.5, 0.6) is 0 Å². The lowest BCUT2D eigenvalue weighted by molar-refractivity contribution is 0.630. The molecular weight excluding hydrogens is 265 g/mol. The van der Waals surface area contributed by atoms with Gasteiger partial charge in [0.1, 0.15) is 11.9 Å². The fourth-order valence-electron chi connectivity index (χ4n) is 1.35. The van der Waals surface area contributed by atoms with Crippen molar-refractivity contribution in [1.29, 1.82) is 5.26 Å². The van der Waals surface area contributed by atoms with Crippen LogP contribution in [0, 0.1) is 17.1 Å². The summed E-state index contributed by atoms with van der Waals surface area (Å²) in [5.41, 5.74) is 1.08. The first-order valence-electron chi connectivity index (χ1n) is 3.92. The first-order chi connectivity index (χ1) is 6.77. The van der Waals surface area contributed by atoms with E-state index in [0.29, 0.717) is 21.8 Å². The molecule has 0 fully saturated rings. The van der Waals surface area contributed by atoms with Crippen LogP contribution in [0.1, 0.15) is 11.1 Å². The molecule has 1 aromatic heterocycles. The molecule has 0 radical (unpaired) electrons. The zero-order valence-electron chi connectivity index (χ0n) is 7.05. The van der Waals surface area contributed by atoms with Crippen LogP contribution in [0.25, 0.3) is 10.1 Å². The van der Waals surface area contributed by atoms with Crippen LogP contribution in [0.4, 0.5) is 4.39 Å². The van der Waals surface area contributed by atoms with Crippen molar-refractivity contribution in [2.75, 3.05) is 0 Å². The number of alkyl halides is 1. The highest BCUT2D eigenvalue weighted by Crippen LogP contribution is 2.30. The molecule has 0 spiro atoms. The van der Waals surface area contributed by atoms with Gasteiger partial charge < -0.3 is 0 Å². The molecule has 14 heavy (non-hydrogen) atoms. The number of thiophene rings is 1. The third-order valence-electron chi connectivity index (χ3n) is 2.01. The van der Waals surface area contributed by atoms with E-state index in [9.17, 15) is 4.39 Å². The van der Waals surface area contributed by atoms with Crippen molar-refractivity contribution in [2.24, 2.45) is 0 Å². The Morgan fingerprint density at radius 2 is 2.36 bits per heavy atom. The first kappa shape index (κ1) is 9.63. The van der Waals surface area contributed by atoms with E-state index in [1.165, 1.54) is 11.3 Å². The first-order valence-corrected chi connectivity index (χ1v) is 5.92. The van der Waals surface area contributed by atoms with Gasteiger partial charge in [-0.1, -0.05) is 15.9 Å². The molecule has 0 bridgehead atoms. The van der Waals surface area contributed by atoms with E-state index < -0.39 is 0 Å². The number of hydrogen-bond acceptors (Lipinski definition) is 2. The molecule has 2 rings (SSSR count). The highest BCUT2D eigenvalue weighted by Gasteiger charge is 2.11. The van der Waals surface area contributed by atoms with Crippen molar-refractivity contribution >= 4 is 37.4 Å². The molecule has 0 atom stereocenters. The summed E-state index contributed by atoms with van der Waals surface area (Å²) in [4.78, 5) is 0. The van der Waals surface area contributed by atoms with Crippen molar-refractivity contribution in [1.82, 2.24) is 0 Å². The molecule has 1 heterocycles. The van der Waals surface area contributed by atoms with Crippen molar-refractivity contribution in [3.05, 3.63) is 34.5 Å². The Balaban J connectivity index is 2.89. The van der Waals surface area contributed by atoms with Crippen molar-refractivity contribution in [3.63, 3.8) is 0 Å². The molecule has 0 amide bonds. The number of benzene rings is 1. The van der Waals surface area contributed by atoms with Gasteiger partial charge >= 0.3 is 0 Å². The largest absolute Gasteiger partial charge is 0.206 e. The van der Waals surface area contributed by atoms with Gasteiger partial charge in [-0.05, 0) is 17.5 Å². The van der Waals surface area contributed by atoms with Gasteiger partial charge in [-0.25, -0.2) is 4.39 Å². The summed E-state index contributed by atoms with van der Waals surface area (Å²) in [6.45, 7) is 0. The van der Waals surface area contributed by atoms with Crippen LogP contribution < -0.4 is 0 Å². The second-order valence-electron chi connectivity index (χ2n) is 2.81. The molecular formula is C10H5BrFNS. The SMILES string of the molecule is N#Cc1cc(CBr)c(F)c2ccsc12. The van der Waals surface area contributed by atoms with E-state index in [-0.39, 0.29) is 5.82 Å². The number of halogens is 2. The minimum absolute atomic E-state index is 0.225. The van der Waals surface area contributed by atoms with E-state index in [1.807, 2.05) is 0 Å². The lowest BCUT2D eigenvalue weighted by atomic mass is 10.1. The summed E-state index contributed by atoms with van der Waals surface area (Å²) in [5.74, 6) is -0.225. The average molecular weight is 270 g/mol. The van der Waals surface area contributed by atoms with Gasteiger partial charge in [-0.15, -0.1) is 11.3 Å². The molecule has 70 valence electrons. The molecule has 1 aromatic carbocycles. The number of nitriles is 1. The predicted molar refractivity (Wildman–Crippen MR) is 59.1 cm³/mol. The average Bonchev–Trinajstić information content (AvgIpc) is 2.68. The van der Waals surface area contributed by atoms with Gasteiger partial charge in [0, 0.05) is 16.3 Å². The zero-order valence-corrected chi connectivity index (χ0v) is 9.45. The van der Waals surface area contributed by atoms with Crippen molar-refractivity contribution in [2.45, 2.75) is 5.33 Å². The predicted octanol–water partition coefficient (Wildman–Crippen LogP) is 3.81. The highest BCUT2D eigenvalue weighted by molar-refractivity contribution is 9.08. The quantitative estimate of drug-likeness (QED) is 0.723. The molecule has 0 aliphatic rings. The maximum absolute atomic E-state index is 13.7. The van der Waals surface area contributed by atoms with Crippen LogP contribution in [-0.2, 0) is 5.33 Å². The minimum Gasteiger partial charge on any atom is -0.206 e. The zero-order chi connectivity index (χ0) is 10.1. The molecule has 4 heteroatoms. The van der Waals surface area contributed by atoms with Gasteiger partial charge in [0.15, 0.2) is 0 Å². The molecule has 1 nitrogen and oxygen atoms in total. The molecule has 0 saturated carbocycles. The molecule has 0 saturated heterocycles. The second kappa shape index (κ2) is 3.68. The number of fused-ring (bicyclic) bond motifs is 1. The fourth-order valence-corrected chi connectivity index (χ4v) is 2.61. The van der Waals surface area contributed by atoms with Gasteiger partial charge in [0.05, 0.1) is 10.3 Å². The third kappa shape index (κ3) is 1.33. The van der Waals surface area contributed by atoms with Gasteiger partial charge in [-0.2, -0.15) is 5.26 Å². The van der Waals surface area contributed by atoms with E-state index in [1.54, 1.807) is 17.5 Å². The Bertz CT molecular complexity index is 527. The van der Waals surface area contributed by atoms with E-state index in [0.717, 1.165) is 4.70 Å². The summed E-state index contributed by atoms with van der Waals surface area (Å²) in [5, 5.41) is 11.7. The second-order valence-corrected chi connectivity index (χ2v) is 4.28. The molecule has 2 aromatic rings. The summed E-state index contributed by atoms with van der Waals surface area (Å²) in [7, 11) is 0. The maximum Gasteiger partial charge on any atom is 0.136 e. The Hall–Kier alpha value is -0.920. The monoisotopic (exact) mass is 269 g/mol. The maximum atomic E-state index is 13.7. The van der Waals surface area contributed by atoms with Crippen molar-refractivity contribution in [3.8, 4) is 6.07 Å². The summed E-state index contributed by atoms with van der Waals surface area (Å²) in [6, 6.07) is 5.39. The highest BCUT2D eigenvalue weighted by atomic mass is 79.9. The Labute approximate surface area is 92.9 Å². The van der Waals surface area contributed by atoms with E-state index in [4.69, 9.17) is 5.26 Å². The molecule has 0 aliphatic heterocycles. The van der Waals surface area contributed by atoms with Gasteiger partial charge in [-0.3, -0.25) is 0 Å². The number of nitrogens with zero attached hydrogens (tertiary/aromatic N) is 1. The molecule has 0 N–H and O–H groups in total. The molecule has 0 unspecified atom stereocenters. The van der Waals surface area contributed by atoms with Crippen molar-refractivity contribution < 1.29 is 4.39 Å². The standard InChI is InChI=1S/C10H5BrFNS/c11-4-6-3-7(5-13)10-8(9(6)12)1-2-14-10/h1-3H,4H2. The van der Waals surface area contributed by atoms with Crippen LogP contribution in [0.15, 0.2) is 17.5 Å². The third-order valence-corrected chi connectivity index (χ3v) is 3.56. The number of hydrogen-bond donors (Lipinski definition) is 0. The minimum atomic E-state index is -0.225. The Morgan fingerprint density at radius 1 is 1.57 bits per heavy atom. The summed E-state index contributed by atoms with van der Waals surface area (Å²) < 4.78 is 14.4. The van der Waals surface area contributed by atoms with Gasteiger partial charge in [0.2, 0.25) is 0 Å². The number of rotatable bonds is 1. The normalized spacial score (nSPS) is 10.4. The van der Waals surface area contributed by atoms with Gasteiger partial charge in [0.25, 0.3) is 0 Å². The Kier molecular flexibility index (Phi) is 2.53. The van der Waals surface area contributed by atoms with Crippen LogP contribution in [0.3, 0.4) is 0 Å². The Morgan fingerprint density at radius 3 is 3.00 bits per heavy atom. The van der Waals surface area contributed by atoms with Crippen LogP contribution >= 0.6 is 27.3 Å². The van der Waals surface area contributed by atoms with Crippen LogP contribution in [0.2, 0.25) is 0 Å². The lowest BCUT2D eigenvalue weighted by Gasteiger charge is -2.01. The molecule has 0 aliphatic carbocycles. The van der Waals surface area contributed by atoms with E-state index >= 15 is 0 Å². The lowest BCUT2D eigenvalue weighted by Crippen LogP contribution is -1.88. The summed E-state index contributed by atoms with van der Waals surface area (Å²) >= 11 is 4.59.